The van der Waals surface area contributed by atoms with Crippen LogP contribution in [0, 0.1) is 6.92 Å². The third-order valence-electron chi connectivity index (χ3n) is 1.71. The van der Waals surface area contributed by atoms with Crippen molar-refractivity contribution in [2.45, 2.75) is 13.0 Å². The van der Waals surface area contributed by atoms with Crippen molar-refractivity contribution in [3.8, 4) is 0 Å². The Balaban J connectivity index is 2.99. The number of hydrogen-bond acceptors (Lipinski definition) is 3. The molecule has 1 atom stereocenters. The molecular weight excluding hydrogens is 156 g/mol. The Morgan fingerprint density at radius 1 is 1.75 bits per heavy atom. The molecule has 0 aliphatic carbocycles. The number of rotatable bonds is 3. The number of ether oxygens (including phenoxy) is 1. The molecular formula is C8H12N2O2. The molecule has 0 aromatic carbocycles. The van der Waals surface area contributed by atoms with Gasteiger partial charge in [0.05, 0.1) is 11.4 Å². The molecule has 0 amide bonds. The molecule has 1 heterocycles. The third-order valence-corrected chi connectivity index (χ3v) is 1.71. The highest BCUT2D eigenvalue weighted by Gasteiger charge is 2.13. The standard InChI is InChI=1S/C8H12N2O2/c1-6-4-7(10(2)9-6)8(5-11)12-3/h4-5,8H,1-3H3. The molecule has 0 N–H and O–H groups in total. The van der Waals surface area contributed by atoms with Crippen LogP contribution in [-0.2, 0) is 16.6 Å². The quantitative estimate of drug-likeness (QED) is 0.621. The van der Waals surface area contributed by atoms with Crippen molar-refractivity contribution in [1.82, 2.24) is 9.78 Å². The summed E-state index contributed by atoms with van der Waals surface area (Å²) in [6.45, 7) is 1.88. The number of carbonyl (C=O) groups is 1. The summed E-state index contributed by atoms with van der Waals surface area (Å²) in [5, 5.41) is 4.11. The van der Waals surface area contributed by atoms with Crippen LogP contribution in [0.5, 0.6) is 0 Å². The summed E-state index contributed by atoms with van der Waals surface area (Å²) in [6.07, 6.45) is 0.257. The molecule has 0 spiro atoms. The molecule has 1 unspecified atom stereocenters. The van der Waals surface area contributed by atoms with Crippen molar-refractivity contribution >= 4 is 6.29 Å². The zero-order chi connectivity index (χ0) is 9.14. The van der Waals surface area contributed by atoms with E-state index >= 15 is 0 Å². The van der Waals surface area contributed by atoms with E-state index in [0.29, 0.717) is 0 Å². The van der Waals surface area contributed by atoms with Crippen LogP contribution in [0.25, 0.3) is 0 Å². The third kappa shape index (κ3) is 1.53. The lowest BCUT2D eigenvalue weighted by Gasteiger charge is -2.07. The van der Waals surface area contributed by atoms with E-state index in [4.69, 9.17) is 4.74 Å². The fourth-order valence-corrected chi connectivity index (χ4v) is 1.14. The van der Waals surface area contributed by atoms with Gasteiger partial charge in [-0.05, 0) is 13.0 Å². The van der Waals surface area contributed by atoms with Crippen LogP contribution in [0.3, 0.4) is 0 Å². The van der Waals surface area contributed by atoms with E-state index < -0.39 is 6.10 Å². The highest BCUT2D eigenvalue weighted by molar-refractivity contribution is 5.58. The minimum absolute atomic E-state index is 0.504. The van der Waals surface area contributed by atoms with Gasteiger partial charge in [-0.1, -0.05) is 0 Å². The number of aromatic nitrogens is 2. The second-order valence-electron chi connectivity index (χ2n) is 2.63. The highest BCUT2D eigenvalue weighted by Crippen LogP contribution is 2.13. The predicted molar refractivity (Wildman–Crippen MR) is 43.8 cm³/mol. The first-order valence-corrected chi connectivity index (χ1v) is 3.67. The lowest BCUT2D eigenvalue weighted by Crippen LogP contribution is -2.08. The first-order chi connectivity index (χ1) is 5.69. The molecule has 4 heteroatoms. The zero-order valence-electron chi connectivity index (χ0n) is 7.44. The molecule has 0 aliphatic heterocycles. The minimum Gasteiger partial charge on any atom is -0.368 e. The summed E-state index contributed by atoms with van der Waals surface area (Å²) in [6, 6.07) is 1.84. The van der Waals surface area contributed by atoms with E-state index in [2.05, 4.69) is 5.10 Å². The smallest absolute Gasteiger partial charge is 0.154 e. The maximum Gasteiger partial charge on any atom is 0.154 e. The van der Waals surface area contributed by atoms with Crippen LogP contribution in [0.4, 0.5) is 0 Å². The fourth-order valence-electron chi connectivity index (χ4n) is 1.14. The second kappa shape index (κ2) is 3.49. The Bertz CT molecular complexity index is 281. The normalized spacial score (nSPS) is 12.9. The van der Waals surface area contributed by atoms with E-state index in [0.717, 1.165) is 17.7 Å². The lowest BCUT2D eigenvalue weighted by molar-refractivity contribution is -0.117. The monoisotopic (exact) mass is 168 g/mol. The van der Waals surface area contributed by atoms with E-state index in [9.17, 15) is 4.79 Å². The van der Waals surface area contributed by atoms with Crippen LogP contribution in [-0.4, -0.2) is 23.2 Å². The number of methoxy groups -OCH3 is 1. The molecule has 0 aliphatic rings. The number of aryl methyl sites for hydroxylation is 2. The van der Waals surface area contributed by atoms with Crippen LogP contribution >= 0.6 is 0 Å². The molecule has 12 heavy (non-hydrogen) atoms. The summed E-state index contributed by atoms with van der Waals surface area (Å²) >= 11 is 0. The van der Waals surface area contributed by atoms with E-state index in [1.165, 1.54) is 7.11 Å². The highest BCUT2D eigenvalue weighted by atomic mass is 16.5. The van der Waals surface area contributed by atoms with Gasteiger partial charge in [-0.25, -0.2) is 0 Å². The van der Waals surface area contributed by atoms with Gasteiger partial charge in [-0.2, -0.15) is 5.10 Å². The Labute approximate surface area is 71.1 Å². The maximum atomic E-state index is 10.5. The first kappa shape index (κ1) is 8.93. The van der Waals surface area contributed by atoms with Crippen LogP contribution in [0.1, 0.15) is 17.5 Å². The van der Waals surface area contributed by atoms with Gasteiger partial charge in [0.25, 0.3) is 0 Å². The van der Waals surface area contributed by atoms with E-state index in [-0.39, 0.29) is 0 Å². The summed E-state index contributed by atoms with van der Waals surface area (Å²) in [4.78, 5) is 10.5. The van der Waals surface area contributed by atoms with Crippen molar-refractivity contribution in [3.63, 3.8) is 0 Å². The fraction of sp³-hybridized carbons (Fsp3) is 0.500. The summed E-state index contributed by atoms with van der Waals surface area (Å²) < 4.78 is 6.60. The van der Waals surface area contributed by atoms with Crippen LogP contribution in [0.2, 0.25) is 0 Å². The molecule has 0 radical (unpaired) electrons. The Kier molecular flexibility index (Phi) is 2.60. The summed E-state index contributed by atoms with van der Waals surface area (Å²) in [5.74, 6) is 0. The second-order valence-corrected chi connectivity index (χ2v) is 2.63. The Morgan fingerprint density at radius 2 is 2.42 bits per heavy atom. The molecule has 1 rings (SSSR count). The Morgan fingerprint density at radius 3 is 2.75 bits per heavy atom. The molecule has 0 saturated carbocycles. The maximum absolute atomic E-state index is 10.5. The molecule has 4 nitrogen and oxygen atoms in total. The van der Waals surface area contributed by atoms with Gasteiger partial charge in [0, 0.05) is 14.2 Å². The number of aldehydes is 1. The van der Waals surface area contributed by atoms with Crippen molar-refractivity contribution < 1.29 is 9.53 Å². The first-order valence-electron chi connectivity index (χ1n) is 3.67. The van der Waals surface area contributed by atoms with Gasteiger partial charge >= 0.3 is 0 Å². The predicted octanol–water partition coefficient (Wildman–Crippen LogP) is 0.615. The number of nitrogens with zero attached hydrogens (tertiary/aromatic N) is 2. The lowest BCUT2D eigenvalue weighted by atomic mass is 10.2. The number of hydrogen-bond donors (Lipinski definition) is 0. The van der Waals surface area contributed by atoms with E-state index in [1.54, 1.807) is 11.7 Å². The average Bonchev–Trinajstić information content (AvgIpc) is 2.34. The van der Waals surface area contributed by atoms with Gasteiger partial charge in [0.15, 0.2) is 12.4 Å². The van der Waals surface area contributed by atoms with Crippen LogP contribution < -0.4 is 0 Å². The molecule has 0 bridgehead atoms. The molecule has 0 saturated heterocycles. The van der Waals surface area contributed by atoms with Gasteiger partial charge in [0.1, 0.15) is 0 Å². The molecule has 66 valence electrons. The topological polar surface area (TPSA) is 44.1 Å². The molecule has 1 aromatic rings. The van der Waals surface area contributed by atoms with Gasteiger partial charge in [-0.15, -0.1) is 0 Å². The number of carbonyl (C=O) groups excluding carboxylic acids is 1. The average molecular weight is 168 g/mol. The largest absolute Gasteiger partial charge is 0.368 e. The van der Waals surface area contributed by atoms with Gasteiger partial charge < -0.3 is 9.53 Å². The van der Waals surface area contributed by atoms with E-state index in [1.807, 2.05) is 13.0 Å². The Hall–Kier alpha value is -1.16. The van der Waals surface area contributed by atoms with Crippen molar-refractivity contribution in [2.75, 3.05) is 7.11 Å². The minimum atomic E-state index is -0.504. The van der Waals surface area contributed by atoms with Crippen molar-refractivity contribution in [1.29, 1.82) is 0 Å². The summed E-state index contributed by atoms with van der Waals surface area (Å²) in [7, 11) is 3.29. The molecule has 0 fully saturated rings. The SMILES string of the molecule is COC(C=O)c1cc(C)nn1C. The van der Waals surface area contributed by atoms with Gasteiger partial charge in [0.2, 0.25) is 0 Å². The van der Waals surface area contributed by atoms with Crippen molar-refractivity contribution in [2.24, 2.45) is 7.05 Å². The van der Waals surface area contributed by atoms with Gasteiger partial charge in [-0.3, -0.25) is 4.68 Å². The van der Waals surface area contributed by atoms with Crippen LogP contribution in [0.15, 0.2) is 6.07 Å². The van der Waals surface area contributed by atoms with Crippen molar-refractivity contribution in [3.05, 3.63) is 17.5 Å². The summed E-state index contributed by atoms with van der Waals surface area (Å²) in [5.41, 5.74) is 1.67. The molecule has 1 aromatic heterocycles. The zero-order valence-corrected chi connectivity index (χ0v) is 7.44.